The van der Waals surface area contributed by atoms with E-state index < -0.39 is 17.6 Å². The second kappa shape index (κ2) is 8.31. The minimum Gasteiger partial charge on any atom is -0.356 e. The Kier molecular flexibility index (Phi) is 5.42. The zero-order valence-corrected chi connectivity index (χ0v) is 19.8. The van der Waals surface area contributed by atoms with Crippen LogP contribution in [0.5, 0.6) is 0 Å². The monoisotopic (exact) mass is 458 g/mol. The molecule has 0 saturated carbocycles. The molecule has 0 aliphatic carbocycles. The van der Waals surface area contributed by atoms with Gasteiger partial charge in [0.15, 0.2) is 5.54 Å². The zero-order chi connectivity index (χ0) is 24.0. The first-order chi connectivity index (χ1) is 16.3. The third-order valence-corrected chi connectivity index (χ3v) is 7.23. The SMILES string of the molecule is CC(C)C(C(=O)NCCc1ccccc1)N1C(=O)N2CCc3c([nH]c4ccccc34)C2(C)C1=O. The molecule has 2 aromatic carbocycles. The minimum atomic E-state index is -1.15. The number of nitrogens with zero attached hydrogens (tertiary/aromatic N) is 2. The summed E-state index contributed by atoms with van der Waals surface area (Å²) < 4.78 is 0. The quantitative estimate of drug-likeness (QED) is 0.554. The van der Waals surface area contributed by atoms with Crippen molar-refractivity contribution >= 4 is 28.7 Å². The number of hydrogen-bond acceptors (Lipinski definition) is 3. The van der Waals surface area contributed by atoms with Gasteiger partial charge in [0, 0.05) is 24.0 Å². The summed E-state index contributed by atoms with van der Waals surface area (Å²) in [6.45, 7) is 6.42. The molecule has 0 spiro atoms. The van der Waals surface area contributed by atoms with Crippen molar-refractivity contribution in [3.05, 3.63) is 71.4 Å². The van der Waals surface area contributed by atoms with Crippen LogP contribution in [0.4, 0.5) is 4.79 Å². The lowest BCUT2D eigenvalue weighted by Gasteiger charge is -2.36. The number of carbonyl (C=O) groups is 3. The Morgan fingerprint density at radius 2 is 1.79 bits per heavy atom. The van der Waals surface area contributed by atoms with E-state index in [0.717, 1.165) is 27.7 Å². The van der Waals surface area contributed by atoms with Crippen LogP contribution in [0.3, 0.4) is 0 Å². The zero-order valence-electron chi connectivity index (χ0n) is 19.8. The number of benzene rings is 2. The molecule has 176 valence electrons. The Labute approximate surface area is 199 Å². The van der Waals surface area contributed by atoms with Gasteiger partial charge in [0.1, 0.15) is 6.04 Å². The molecule has 34 heavy (non-hydrogen) atoms. The third-order valence-electron chi connectivity index (χ3n) is 7.23. The molecule has 1 fully saturated rings. The number of carbonyl (C=O) groups excluding carboxylic acids is 3. The Balaban J connectivity index is 1.43. The molecule has 5 rings (SSSR count). The van der Waals surface area contributed by atoms with Crippen molar-refractivity contribution < 1.29 is 14.4 Å². The van der Waals surface area contributed by atoms with E-state index in [4.69, 9.17) is 0 Å². The van der Waals surface area contributed by atoms with Gasteiger partial charge in [0.05, 0.1) is 5.69 Å². The number of rotatable bonds is 6. The number of urea groups is 1. The van der Waals surface area contributed by atoms with Crippen molar-refractivity contribution in [2.75, 3.05) is 13.1 Å². The van der Waals surface area contributed by atoms with Crippen LogP contribution in [-0.2, 0) is 28.0 Å². The number of fused-ring (bicyclic) bond motifs is 5. The Morgan fingerprint density at radius 1 is 1.09 bits per heavy atom. The van der Waals surface area contributed by atoms with E-state index in [1.54, 1.807) is 11.8 Å². The van der Waals surface area contributed by atoms with Gasteiger partial charge in [-0.3, -0.25) is 9.59 Å². The minimum absolute atomic E-state index is 0.225. The lowest BCUT2D eigenvalue weighted by molar-refractivity contribution is -0.140. The first-order valence-corrected chi connectivity index (χ1v) is 11.9. The number of hydrogen-bond donors (Lipinski definition) is 2. The maximum Gasteiger partial charge on any atom is 0.328 e. The molecule has 1 aromatic heterocycles. The third kappa shape index (κ3) is 3.30. The fourth-order valence-corrected chi connectivity index (χ4v) is 5.46. The summed E-state index contributed by atoms with van der Waals surface area (Å²) in [5.74, 6) is -0.869. The van der Waals surface area contributed by atoms with E-state index in [2.05, 4.69) is 10.3 Å². The number of nitrogens with one attached hydrogen (secondary N) is 2. The van der Waals surface area contributed by atoms with Crippen LogP contribution < -0.4 is 5.32 Å². The van der Waals surface area contributed by atoms with Gasteiger partial charge in [-0.25, -0.2) is 9.69 Å². The van der Waals surface area contributed by atoms with Crippen LogP contribution in [0.15, 0.2) is 54.6 Å². The van der Waals surface area contributed by atoms with Crippen LogP contribution in [0.1, 0.15) is 37.6 Å². The molecule has 2 N–H and O–H groups in total. The smallest absolute Gasteiger partial charge is 0.328 e. The van der Waals surface area contributed by atoms with Crippen molar-refractivity contribution in [2.45, 2.75) is 45.2 Å². The lowest BCUT2D eigenvalue weighted by atomic mass is 9.86. The Hall–Kier alpha value is -3.61. The number of para-hydroxylation sites is 1. The molecule has 7 nitrogen and oxygen atoms in total. The highest BCUT2D eigenvalue weighted by Crippen LogP contribution is 2.45. The van der Waals surface area contributed by atoms with E-state index in [0.29, 0.717) is 25.9 Å². The molecule has 2 unspecified atom stereocenters. The molecule has 4 amide bonds. The summed E-state index contributed by atoms with van der Waals surface area (Å²) in [5, 5.41) is 4.03. The fraction of sp³-hybridized carbons (Fsp3) is 0.370. The first kappa shape index (κ1) is 22.2. The average molecular weight is 459 g/mol. The van der Waals surface area contributed by atoms with Crippen LogP contribution >= 0.6 is 0 Å². The molecule has 2 aliphatic rings. The van der Waals surface area contributed by atoms with E-state index in [1.165, 1.54) is 4.90 Å². The number of amides is 4. The summed E-state index contributed by atoms with van der Waals surface area (Å²) in [5.41, 5.74) is 2.75. The molecule has 1 saturated heterocycles. The molecule has 3 aromatic rings. The number of imide groups is 1. The Bertz CT molecular complexity index is 1270. The number of aromatic nitrogens is 1. The summed E-state index contributed by atoms with van der Waals surface area (Å²) in [6, 6.07) is 16.6. The predicted octanol–water partition coefficient (Wildman–Crippen LogP) is 3.59. The largest absolute Gasteiger partial charge is 0.356 e. The number of H-pyrrole nitrogens is 1. The van der Waals surface area contributed by atoms with Gasteiger partial charge in [0.25, 0.3) is 5.91 Å². The highest BCUT2D eigenvalue weighted by molar-refractivity contribution is 6.11. The maximum atomic E-state index is 13.9. The van der Waals surface area contributed by atoms with Gasteiger partial charge >= 0.3 is 6.03 Å². The van der Waals surface area contributed by atoms with Gasteiger partial charge in [0.2, 0.25) is 5.91 Å². The summed E-state index contributed by atoms with van der Waals surface area (Å²) >= 11 is 0. The molecule has 0 radical (unpaired) electrons. The van der Waals surface area contributed by atoms with E-state index in [1.807, 2.05) is 68.4 Å². The maximum absolute atomic E-state index is 13.9. The van der Waals surface area contributed by atoms with Gasteiger partial charge in [-0.1, -0.05) is 62.4 Å². The van der Waals surface area contributed by atoms with Crippen LogP contribution in [0, 0.1) is 5.92 Å². The molecule has 2 atom stereocenters. The van der Waals surface area contributed by atoms with Crippen molar-refractivity contribution in [1.82, 2.24) is 20.1 Å². The fourth-order valence-electron chi connectivity index (χ4n) is 5.46. The van der Waals surface area contributed by atoms with Crippen LogP contribution in [-0.4, -0.2) is 51.8 Å². The summed E-state index contributed by atoms with van der Waals surface area (Å²) in [7, 11) is 0. The predicted molar refractivity (Wildman–Crippen MR) is 130 cm³/mol. The average Bonchev–Trinajstić information content (AvgIpc) is 3.30. The van der Waals surface area contributed by atoms with E-state index >= 15 is 0 Å². The lowest BCUT2D eigenvalue weighted by Crippen LogP contribution is -2.53. The van der Waals surface area contributed by atoms with Crippen molar-refractivity contribution in [1.29, 1.82) is 0 Å². The van der Waals surface area contributed by atoms with Crippen LogP contribution in [0.2, 0.25) is 0 Å². The topological polar surface area (TPSA) is 85.5 Å². The second-order valence-corrected chi connectivity index (χ2v) is 9.67. The Morgan fingerprint density at radius 3 is 2.53 bits per heavy atom. The van der Waals surface area contributed by atoms with E-state index in [-0.39, 0.29) is 17.7 Å². The normalized spacial score (nSPS) is 20.6. The van der Waals surface area contributed by atoms with Gasteiger partial charge in [-0.15, -0.1) is 0 Å². The van der Waals surface area contributed by atoms with Gasteiger partial charge < -0.3 is 15.2 Å². The van der Waals surface area contributed by atoms with Gasteiger partial charge in [-0.2, -0.15) is 0 Å². The standard InChI is InChI=1S/C27H30N4O3/c1-17(2)22(24(32)28-15-13-18-9-5-4-6-10-18)31-25(33)27(3)23-20(14-16-30(27)26(31)34)19-11-7-8-12-21(19)29-23/h4-12,17,22,29H,13-16H2,1-3H3,(H,28,32). The van der Waals surface area contributed by atoms with Crippen molar-refractivity contribution in [3.63, 3.8) is 0 Å². The molecule has 0 bridgehead atoms. The van der Waals surface area contributed by atoms with Gasteiger partial charge in [-0.05, 0) is 42.9 Å². The molecular formula is C27H30N4O3. The summed E-state index contributed by atoms with van der Waals surface area (Å²) in [4.78, 5) is 47.0. The van der Waals surface area contributed by atoms with Crippen molar-refractivity contribution in [3.8, 4) is 0 Å². The highest BCUT2D eigenvalue weighted by Gasteiger charge is 2.61. The molecule has 2 aliphatic heterocycles. The highest BCUT2D eigenvalue weighted by atomic mass is 16.2. The molecule has 3 heterocycles. The second-order valence-electron chi connectivity index (χ2n) is 9.67. The van der Waals surface area contributed by atoms with E-state index in [9.17, 15) is 14.4 Å². The molecular weight excluding hydrogens is 428 g/mol. The first-order valence-electron chi connectivity index (χ1n) is 11.9. The van der Waals surface area contributed by atoms with Crippen LogP contribution in [0.25, 0.3) is 10.9 Å². The van der Waals surface area contributed by atoms with Crippen molar-refractivity contribution in [2.24, 2.45) is 5.92 Å². The summed E-state index contributed by atoms with van der Waals surface area (Å²) in [6.07, 6.45) is 1.35. The number of aromatic amines is 1. The molecule has 7 heteroatoms.